The van der Waals surface area contributed by atoms with E-state index in [1.807, 2.05) is 20.9 Å². The van der Waals surface area contributed by atoms with Crippen molar-refractivity contribution in [1.82, 2.24) is 20.3 Å². The van der Waals surface area contributed by atoms with Crippen molar-refractivity contribution in [2.45, 2.75) is 19.9 Å². The van der Waals surface area contributed by atoms with Gasteiger partial charge in [-0.25, -0.2) is 4.68 Å². The van der Waals surface area contributed by atoms with Crippen LogP contribution in [0.3, 0.4) is 0 Å². The number of hydrogen-bond acceptors (Lipinski definition) is 4. The molecule has 0 fully saturated rings. The molecule has 5 nitrogen and oxygen atoms in total. The van der Waals surface area contributed by atoms with Gasteiger partial charge in [-0.15, -0.1) is 5.10 Å². The molecule has 1 aromatic carbocycles. The average molecular weight is 276 g/mol. The maximum Gasteiger partial charge on any atom is 0.103 e. The van der Waals surface area contributed by atoms with E-state index in [-0.39, 0.29) is 6.04 Å². The van der Waals surface area contributed by atoms with Gasteiger partial charge in [-0.2, -0.15) is 5.26 Å². The molecule has 6 heteroatoms. The van der Waals surface area contributed by atoms with E-state index in [1.54, 1.807) is 22.9 Å². The van der Waals surface area contributed by atoms with E-state index in [1.165, 1.54) is 0 Å². The lowest BCUT2D eigenvalue weighted by Crippen LogP contribution is -2.14. The van der Waals surface area contributed by atoms with E-state index in [9.17, 15) is 0 Å². The molecule has 1 N–H and O–H groups in total. The van der Waals surface area contributed by atoms with Crippen LogP contribution in [-0.2, 0) is 0 Å². The molecule has 0 aliphatic heterocycles. The molecule has 0 radical (unpaired) electrons. The van der Waals surface area contributed by atoms with Gasteiger partial charge in [0.2, 0.25) is 0 Å². The Morgan fingerprint density at radius 3 is 2.84 bits per heavy atom. The summed E-state index contributed by atoms with van der Waals surface area (Å²) >= 11 is 6.17. The van der Waals surface area contributed by atoms with E-state index in [4.69, 9.17) is 16.9 Å². The van der Waals surface area contributed by atoms with E-state index in [2.05, 4.69) is 21.7 Å². The fourth-order valence-corrected chi connectivity index (χ4v) is 2.05. The van der Waals surface area contributed by atoms with Crippen molar-refractivity contribution in [3.05, 3.63) is 40.2 Å². The summed E-state index contributed by atoms with van der Waals surface area (Å²) in [5.74, 6) is 0. The van der Waals surface area contributed by atoms with Crippen molar-refractivity contribution in [2.75, 3.05) is 7.05 Å². The van der Waals surface area contributed by atoms with Gasteiger partial charge in [0, 0.05) is 0 Å². The van der Waals surface area contributed by atoms with Crippen molar-refractivity contribution in [1.29, 1.82) is 5.26 Å². The van der Waals surface area contributed by atoms with Crippen molar-refractivity contribution < 1.29 is 0 Å². The first-order chi connectivity index (χ1) is 9.08. The molecule has 1 unspecified atom stereocenters. The van der Waals surface area contributed by atoms with Crippen LogP contribution in [0.1, 0.15) is 29.9 Å². The normalized spacial score (nSPS) is 12.2. The Morgan fingerprint density at radius 1 is 1.47 bits per heavy atom. The van der Waals surface area contributed by atoms with Gasteiger partial charge < -0.3 is 5.32 Å². The molecule has 19 heavy (non-hydrogen) atoms. The van der Waals surface area contributed by atoms with Crippen LogP contribution >= 0.6 is 11.6 Å². The molecule has 0 saturated carbocycles. The Bertz CT molecular complexity index is 641. The van der Waals surface area contributed by atoms with Gasteiger partial charge in [-0.3, -0.25) is 0 Å². The van der Waals surface area contributed by atoms with E-state index in [0.29, 0.717) is 16.3 Å². The maximum absolute atomic E-state index is 8.95. The second-order valence-electron chi connectivity index (χ2n) is 4.26. The molecule has 0 spiro atoms. The summed E-state index contributed by atoms with van der Waals surface area (Å²) < 4.78 is 1.66. The highest BCUT2D eigenvalue weighted by Crippen LogP contribution is 2.24. The lowest BCUT2D eigenvalue weighted by atomic mass is 10.2. The van der Waals surface area contributed by atoms with Gasteiger partial charge in [0.15, 0.2) is 0 Å². The summed E-state index contributed by atoms with van der Waals surface area (Å²) in [6.07, 6.45) is 0. The standard InChI is InChI=1S/C13H14ClN5/c1-8(16-3)13-9(2)19(18-17-13)12-6-10(7-15)4-5-11(12)14/h4-6,8,16H,1-3H3. The SMILES string of the molecule is CNC(C)c1nnn(-c2cc(C#N)ccc2Cl)c1C. The quantitative estimate of drug-likeness (QED) is 0.934. The lowest BCUT2D eigenvalue weighted by Gasteiger charge is -2.09. The summed E-state index contributed by atoms with van der Waals surface area (Å²) in [6, 6.07) is 7.27. The Balaban J connectivity index is 2.54. The average Bonchev–Trinajstić information content (AvgIpc) is 2.80. The minimum atomic E-state index is 0.103. The van der Waals surface area contributed by atoms with Crippen molar-refractivity contribution >= 4 is 11.6 Å². The summed E-state index contributed by atoms with van der Waals surface area (Å²) in [7, 11) is 1.87. The predicted molar refractivity (Wildman–Crippen MR) is 73.3 cm³/mol. The molecular weight excluding hydrogens is 262 g/mol. The van der Waals surface area contributed by atoms with E-state index < -0.39 is 0 Å². The summed E-state index contributed by atoms with van der Waals surface area (Å²) in [4.78, 5) is 0. The van der Waals surface area contributed by atoms with Gasteiger partial charge in [0.1, 0.15) is 5.69 Å². The van der Waals surface area contributed by atoms with Gasteiger partial charge in [0.25, 0.3) is 0 Å². The molecule has 0 bridgehead atoms. The van der Waals surface area contributed by atoms with Gasteiger partial charge >= 0.3 is 0 Å². The number of nitrogens with one attached hydrogen (secondary N) is 1. The number of nitriles is 1. The number of aromatic nitrogens is 3. The Morgan fingerprint density at radius 2 is 2.21 bits per heavy atom. The topological polar surface area (TPSA) is 66.5 Å². The fourth-order valence-electron chi connectivity index (χ4n) is 1.85. The monoisotopic (exact) mass is 275 g/mol. The van der Waals surface area contributed by atoms with Crippen molar-refractivity contribution in [3.8, 4) is 11.8 Å². The summed E-state index contributed by atoms with van der Waals surface area (Å²) in [5.41, 5.74) is 2.97. The van der Waals surface area contributed by atoms with Crippen LogP contribution in [0.2, 0.25) is 5.02 Å². The Labute approximate surface area is 116 Å². The molecule has 2 rings (SSSR count). The molecule has 2 aromatic rings. The number of benzene rings is 1. The van der Waals surface area contributed by atoms with Crippen LogP contribution in [0.25, 0.3) is 5.69 Å². The first-order valence-corrected chi connectivity index (χ1v) is 6.25. The highest BCUT2D eigenvalue weighted by Gasteiger charge is 2.16. The molecule has 1 atom stereocenters. The Hall–Kier alpha value is -1.90. The van der Waals surface area contributed by atoms with Crippen molar-refractivity contribution in [3.63, 3.8) is 0 Å². The zero-order valence-electron chi connectivity index (χ0n) is 11.0. The highest BCUT2D eigenvalue weighted by atomic mass is 35.5. The number of nitrogens with zero attached hydrogens (tertiary/aromatic N) is 4. The third-order valence-corrected chi connectivity index (χ3v) is 3.40. The molecule has 0 saturated heterocycles. The third kappa shape index (κ3) is 2.46. The van der Waals surface area contributed by atoms with Crippen LogP contribution < -0.4 is 5.32 Å². The third-order valence-electron chi connectivity index (χ3n) is 3.08. The first-order valence-electron chi connectivity index (χ1n) is 5.88. The lowest BCUT2D eigenvalue weighted by molar-refractivity contribution is 0.627. The summed E-state index contributed by atoms with van der Waals surface area (Å²) in [5, 5.41) is 20.9. The van der Waals surface area contributed by atoms with Gasteiger partial charge in [-0.1, -0.05) is 16.8 Å². The largest absolute Gasteiger partial charge is 0.312 e. The van der Waals surface area contributed by atoms with Crippen LogP contribution in [0.4, 0.5) is 0 Å². The molecular formula is C13H14ClN5. The van der Waals surface area contributed by atoms with Crippen LogP contribution in [0, 0.1) is 18.3 Å². The minimum Gasteiger partial charge on any atom is -0.312 e. The smallest absolute Gasteiger partial charge is 0.103 e. The maximum atomic E-state index is 8.95. The fraction of sp³-hybridized carbons (Fsp3) is 0.308. The molecule has 1 aromatic heterocycles. The summed E-state index contributed by atoms with van der Waals surface area (Å²) in [6.45, 7) is 3.94. The molecule has 1 heterocycles. The number of hydrogen-bond donors (Lipinski definition) is 1. The predicted octanol–water partition coefficient (Wildman–Crippen LogP) is 2.38. The van der Waals surface area contributed by atoms with Crippen LogP contribution in [0.15, 0.2) is 18.2 Å². The highest BCUT2D eigenvalue weighted by molar-refractivity contribution is 6.32. The molecule has 98 valence electrons. The van der Waals surface area contributed by atoms with Crippen molar-refractivity contribution in [2.24, 2.45) is 0 Å². The van der Waals surface area contributed by atoms with E-state index in [0.717, 1.165) is 11.4 Å². The zero-order chi connectivity index (χ0) is 14.0. The van der Waals surface area contributed by atoms with Crippen LogP contribution in [0.5, 0.6) is 0 Å². The second kappa shape index (κ2) is 5.39. The molecule has 0 aliphatic rings. The van der Waals surface area contributed by atoms with E-state index >= 15 is 0 Å². The van der Waals surface area contributed by atoms with Gasteiger partial charge in [0.05, 0.1) is 34.1 Å². The van der Waals surface area contributed by atoms with Gasteiger partial charge in [-0.05, 0) is 39.1 Å². The Kier molecular flexibility index (Phi) is 3.84. The second-order valence-corrected chi connectivity index (χ2v) is 4.67. The minimum absolute atomic E-state index is 0.103. The molecule has 0 aliphatic carbocycles. The van der Waals surface area contributed by atoms with Crippen LogP contribution in [-0.4, -0.2) is 22.0 Å². The first kappa shape index (κ1) is 13.5. The number of rotatable bonds is 3. The zero-order valence-corrected chi connectivity index (χ0v) is 11.7. The number of halogens is 1. The molecule has 0 amide bonds.